The van der Waals surface area contributed by atoms with Crippen LogP contribution in [0.25, 0.3) is 11.3 Å². The number of halogens is 1. The maximum Gasteiger partial charge on any atom is 0.267 e. The Morgan fingerprint density at radius 3 is 2.55 bits per heavy atom. The van der Waals surface area contributed by atoms with Crippen LogP contribution in [0.15, 0.2) is 65.5 Å². The molecule has 0 aliphatic heterocycles. The molecule has 0 amide bonds. The first kappa shape index (κ1) is 19.9. The van der Waals surface area contributed by atoms with Crippen molar-refractivity contribution in [3.63, 3.8) is 0 Å². The molecule has 4 rings (SSSR count). The van der Waals surface area contributed by atoms with Crippen LogP contribution in [0.2, 0.25) is 5.02 Å². The van der Waals surface area contributed by atoms with Gasteiger partial charge >= 0.3 is 0 Å². The average Bonchev–Trinajstić information content (AvgIpc) is 2.75. The van der Waals surface area contributed by atoms with Gasteiger partial charge in [-0.15, -0.1) is 0 Å². The van der Waals surface area contributed by atoms with Crippen molar-refractivity contribution in [2.75, 3.05) is 6.54 Å². The highest BCUT2D eigenvalue weighted by Gasteiger charge is 2.37. The smallest absolute Gasteiger partial charge is 0.267 e. The van der Waals surface area contributed by atoms with Crippen LogP contribution in [0, 0.1) is 6.92 Å². The molecule has 1 aromatic heterocycles. The van der Waals surface area contributed by atoms with Crippen molar-refractivity contribution in [3.8, 4) is 11.3 Å². The van der Waals surface area contributed by atoms with Gasteiger partial charge in [-0.1, -0.05) is 48.0 Å². The highest BCUT2D eigenvalue weighted by Crippen LogP contribution is 2.42. The predicted molar refractivity (Wildman–Crippen MR) is 118 cm³/mol. The summed E-state index contributed by atoms with van der Waals surface area (Å²) in [5, 5.41) is 5.48. The van der Waals surface area contributed by atoms with Gasteiger partial charge < -0.3 is 5.73 Å². The fourth-order valence-electron chi connectivity index (χ4n) is 4.52. The minimum absolute atomic E-state index is 0.0460. The van der Waals surface area contributed by atoms with Crippen LogP contribution < -0.4 is 11.3 Å². The lowest BCUT2D eigenvalue weighted by molar-refractivity contribution is 0.222. The van der Waals surface area contributed by atoms with Gasteiger partial charge in [0.25, 0.3) is 5.56 Å². The molecule has 5 heteroatoms. The van der Waals surface area contributed by atoms with E-state index < -0.39 is 0 Å². The molecule has 1 aliphatic carbocycles. The van der Waals surface area contributed by atoms with Crippen molar-refractivity contribution >= 4 is 11.6 Å². The van der Waals surface area contributed by atoms with Crippen molar-refractivity contribution in [1.82, 2.24) is 9.78 Å². The molecular weight excluding hydrogens is 382 g/mol. The third kappa shape index (κ3) is 3.87. The zero-order chi connectivity index (χ0) is 20.4. The molecule has 1 fully saturated rings. The number of rotatable bonds is 4. The number of benzene rings is 2. The minimum Gasteiger partial charge on any atom is -0.330 e. The second-order valence-electron chi connectivity index (χ2n) is 8.04. The predicted octanol–water partition coefficient (Wildman–Crippen LogP) is 4.88. The molecule has 0 bridgehead atoms. The quantitative estimate of drug-likeness (QED) is 0.670. The topological polar surface area (TPSA) is 60.9 Å². The molecule has 0 unspecified atom stereocenters. The summed E-state index contributed by atoms with van der Waals surface area (Å²) in [6.45, 7) is 2.64. The van der Waals surface area contributed by atoms with E-state index in [4.69, 9.17) is 22.4 Å². The lowest BCUT2D eigenvalue weighted by Gasteiger charge is -2.40. The highest BCUT2D eigenvalue weighted by molar-refractivity contribution is 6.30. The van der Waals surface area contributed by atoms with Gasteiger partial charge in [-0.3, -0.25) is 4.79 Å². The molecule has 29 heavy (non-hydrogen) atoms. The summed E-state index contributed by atoms with van der Waals surface area (Å²) in [4.78, 5) is 12.6. The molecule has 2 aromatic carbocycles. The Hall–Kier alpha value is -2.43. The lowest BCUT2D eigenvalue weighted by atomic mass is 9.68. The summed E-state index contributed by atoms with van der Waals surface area (Å²) in [5.41, 5.74) is 10.3. The van der Waals surface area contributed by atoms with E-state index in [2.05, 4.69) is 19.1 Å². The fourth-order valence-corrected chi connectivity index (χ4v) is 4.71. The molecule has 1 heterocycles. The lowest BCUT2D eigenvalue weighted by Crippen LogP contribution is -2.41. The summed E-state index contributed by atoms with van der Waals surface area (Å²) in [6, 6.07) is 19.7. The van der Waals surface area contributed by atoms with Gasteiger partial charge in [0.1, 0.15) is 0 Å². The van der Waals surface area contributed by atoms with Gasteiger partial charge in [-0.25, -0.2) is 4.68 Å². The number of hydrogen-bond acceptors (Lipinski definition) is 3. The van der Waals surface area contributed by atoms with Crippen LogP contribution in [-0.4, -0.2) is 16.3 Å². The summed E-state index contributed by atoms with van der Waals surface area (Å²) in [7, 11) is 0. The zero-order valence-corrected chi connectivity index (χ0v) is 17.4. The molecular formula is C24H26ClN3O. The van der Waals surface area contributed by atoms with Gasteiger partial charge in [0.05, 0.1) is 11.7 Å². The van der Waals surface area contributed by atoms with E-state index in [9.17, 15) is 4.79 Å². The Morgan fingerprint density at radius 1 is 1.10 bits per heavy atom. The molecule has 0 saturated heterocycles. The first-order valence-corrected chi connectivity index (χ1v) is 10.5. The molecule has 2 N–H and O–H groups in total. The van der Waals surface area contributed by atoms with Gasteiger partial charge in [-0.05, 0) is 61.9 Å². The monoisotopic (exact) mass is 407 g/mol. The third-order valence-electron chi connectivity index (χ3n) is 6.33. The molecule has 0 atom stereocenters. The van der Waals surface area contributed by atoms with Crippen molar-refractivity contribution in [1.29, 1.82) is 0 Å². The molecule has 150 valence electrons. The second-order valence-corrected chi connectivity index (χ2v) is 8.48. The van der Waals surface area contributed by atoms with Gasteiger partial charge in [0, 0.05) is 28.6 Å². The Labute approximate surface area is 176 Å². The number of nitrogens with zero attached hydrogens (tertiary/aromatic N) is 2. The van der Waals surface area contributed by atoms with E-state index in [1.807, 2.05) is 42.5 Å². The largest absolute Gasteiger partial charge is 0.330 e. The van der Waals surface area contributed by atoms with Gasteiger partial charge in [0.2, 0.25) is 0 Å². The van der Waals surface area contributed by atoms with Crippen LogP contribution in [0.3, 0.4) is 0 Å². The van der Waals surface area contributed by atoms with Gasteiger partial charge in [0.15, 0.2) is 0 Å². The number of hydrogen-bond donors (Lipinski definition) is 1. The molecule has 0 spiro atoms. The fraction of sp³-hybridized carbons (Fsp3) is 0.333. The van der Waals surface area contributed by atoms with E-state index in [0.29, 0.717) is 6.54 Å². The van der Waals surface area contributed by atoms with Crippen LogP contribution in [0.4, 0.5) is 0 Å². The first-order valence-electron chi connectivity index (χ1n) is 10.1. The van der Waals surface area contributed by atoms with E-state index in [-0.39, 0.29) is 17.0 Å². The normalized spacial score (nSPS) is 21.8. The standard InChI is InChI=1S/C24H26ClN3O/c1-17-5-2-3-8-21(17)22-9-10-23(29)28(27-22)20-11-13-24(16-26,14-12-20)18-6-4-7-19(25)15-18/h2-10,15,20H,11-14,16,26H2,1H3/t20-,24+. The molecule has 3 aromatic rings. The molecule has 4 nitrogen and oxygen atoms in total. The maximum atomic E-state index is 12.6. The van der Waals surface area contributed by atoms with Crippen LogP contribution in [0.1, 0.15) is 42.9 Å². The second kappa shape index (κ2) is 8.13. The van der Waals surface area contributed by atoms with Crippen molar-refractivity contribution in [3.05, 3.63) is 87.2 Å². The van der Waals surface area contributed by atoms with E-state index in [0.717, 1.165) is 47.5 Å². The minimum atomic E-state index is -0.0847. The summed E-state index contributed by atoms with van der Waals surface area (Å²) < 4.78 is 1.68. The van der Waals surface area contributed by atoms with Crippen molar-refractivity contribution < 1.29 is 0 Å². The molecule has 1 saturated carbocycles. The average molecular weight is 408 g/mol. The van der Waals surface area contributed by atoms with E-state index >= 15 is 0 Å². The number of aryl methyl sites for hydroxylation is 1. The molecule has 1 aliphatic rings. The summed E-state index contributed by atoms with van der Waals surface area (Å²) in [6.07, 6.45) is 3.57. The first-order chi connectivity index (χ1) is 14.0. The summed E-state index contributed by atoms with van der Waals surface area (Å²) in [5.74, 6) is 0. The molecule has 0 radical (unpaired) electrons. The Balaban J connectivity index is 1.61. The number of aromatic nitrogens is 2. The van der Waals surface area contributed by atoms with Crippen LogP contribution in [0.5, 0.6) is 0 Å². The SMILES string of the molecule is Cc1ccccc1-c1ccc(=O)n([C@H]2CC[C@@](CN)(c3cccc(Cl)c3)CC2)n1. The highest BCUT2D eigenvalue weighted by atomic mass is 35.5. The van der Waals surface area contributed by atoms with E-state index in [1.54, 1.807) is 10.7 Å². The van der Waals surface area contributed by atoms with Crippen LogP contribution >= 0.6 is 11.6 Å². The zero-order valence-electron chi connectivity index (χ0n) is 16.6. The maximum absolute atomic E-state index is 12.6. The third-order valence-corrected chi connectivity index (χ3v) is 6.57. The Kier molecular flexibility index (Phi) is 5.57. The van der Waals surface area contributed by atoms with Gasteiger partial charge in [-0.2, -0.15) is 5.10 Å². The number of nitrogens with two attached hydrogens (primary N) is 1. The Morgan fingerprint density at radius 2 is 1.86 bits per heavy atom. The van der Waals surface area contributed by atoms with Crippen molar-refractivity contribution in [2.24, 2.45) is 5.73 Å². The Bertz CT molecular complexity index is 1070. The van der Waals surface area contributed by atoms with Crippen molar-refractivity contribution in [2.45, 2.75) is 44.1 Å². The van der Waals surface area contributed by atoms with Crippen LogP contribution in [-0.2, 0) is 5.41 Å². The summed E-state index contributed by atoms with van der Waals surface area (Å²) >= 11 is 6.22. The van der Waals surface area contributed by atoms with E-state index in [1.165, 1.54) is 5.56 Å².